The largest absolute Gasteiger partial charge is 0.480 e. The number of carboxylic acids is 1. The molecule has 98 valence electrons. The molecule has 6 heteroatoms. The Hall–Kier alpha value is -1.14. The molecule has 0 bridgehead atoms. The first kappa shape index (κ1) is 13.9. The maximum absolute atomic E-state index is 12.1. The lowest BCUT2D eigenvalue weighted by atomic mass is 10.0. The van der Waals surface area contributed by atoms with Gasteiger partial charge in [-0.1, -0.05) is 13.3 Å². The van der Waals surface area contributed by atoms with Crippen LogP contribution < -0.4 is 5.73 Å². The highest BCUT2D eigenvalue weighted by Crippen LogP contribution is 2.21. The lowest BCUT2D eigenvalue weighted by Crippen LogP contribution is -2.45. The van der Waals surface area contributed by atoms with E-state index in [0.29, 0.717) is 6.42 Å². The van der Waals surface area contributed by atoms with Gasteiger partial charge in [0.1, 0.15) is 6.04 Å². The number of hydrogen-bond acceptors (Lipinski definition) is 4. The molecule has 1 fully saturated rings. The van der Waals surface area contributed by atoms with Crippen LogP contribution in [0.5, 0.6) is 0 Å². The van der Waals surface area contributed by atoms with E-state index in [2.05, 4.69) is 0 Å². The van der Waals surface area contributed by atoms with Gasteiger partial charge in [0.25, 0.3) is 0 Å². The van der Waals surface area contributed by atoms with Crippen LogP contribution in [0.25, 0.3) is 0 Å². The second kappa shape index (κ2) is 5.97. The highest BCUT2D eigenvalue weighted by atomic mass is 16.4. The molecule has 1 aliphatic rings. The summed E-state index contributed by atoms with van der Waals surface area (Å²) in [7, 11) is 0. The molecule has 0 aliphatic carbocycles. The van der Waals surface area contributed by atoms with Crippen molar-refractivity contribution < 1.29 is 19.8 Å². The van der Waals surface area contributed by atoms with E-state index in [1.165, 1.54) is 4.90 Å². The van der Waals surface area contributed by atoms with Gasteiger partial charge in [0.2, 0.25) is 5.91 Å². The van der Waals surface area contributed by atoms with Crippen LogP contribution >= 0.6 is 0 Å². The van der Waals surface area contributed by atoms with Gasteiger partial charge in [0, 0.05) is 19.5 Å². The second-order valence-electron chi connectivity index (χ2n) is 4.46. The van der Waals surface area contributed by atoms with E-state index in [4.69, 9.17) is 10.8 Å². The van der Waals surface area contributed by atoms with Crippen LogP contribution in [0.2, 0.25) is 0 Å². The Bertz CT molecular complexity index is 295. The maximum Gasteiger partial charge on any atom is 0.326 e. The first-order chi connectivity index (χ1) is 8.01. The third-order valence-corrected chi connectivity index (χ3v) is 3.12. The van der Waals surface area contributed by atoms with Crippen molar-refractivity contribution in [2.45, 2.75) is 38.3 Å². The van der Waals surface area contributed by atoms with Crippen LogP contribution in [0.4, 0.5) is 0 Å². The predicted molar refractivity (Wildman–Crippen MR) is 61.2 cm³/mol. The van der Waals surface area contributed by atoms with Crippen LogP contribution in [0.3, 0.4) is 0 Å². The zero-order chi connectivity index (χ0) is 13.0. The fraction of sp³-hybridized carbons (Fsp3) is 0.818. The Morgan fingerprint density at radius 2 is 2.18 bits per heavy atom. The number of amides is 1. The van der Waals surface area contributed by atoms with E-state index in [1.807, 2.05) is 6.92 Å². The number of aliphatic carboxylic acids is 1. The lowest BCUT2D eigenvalue weighted by molar-refractivity contribution is -0.149. The first-order valence-corrected chi connectivity index (χ1v) is 5.92. The van der Waals surface area contributed by atoms with Crippen molar-refractivity contribution in [2.24, 2.45) is 11.7 Å². The Balaban J connectivity index is 2.75. The van der Waals surface area contributed by atoms with E-state index in [9.17, 15) is 14.7 Å². The summed E-state index contributed by atoms with van der Waals surface area (Å²) in [5.41, 5.74) is 5.53. The van der Waals surface area contributed by atoms with Gasteiger partial charge < -0.3 is 20.8 Å². The van der Waals surface area contributed by atoms with Gasteiger partial charge in [-0.15, -0.1) is 0 Å². The predicted octanol–water partition coefficient (Wildman–Crippen LogP) is -0.592. The number of nitrogens with zero attached hydrogens (tertiary/aromatic N) is 1. The second-order valence-corrected chi connectivity index (χ2v) is 4.46. The molecule has 0 radical (unpaired) electrons. The lowest BCUT2D eigenvalue weighted by Gasteiger charge is -2.25. The molecule has 4 N–H and O–H groups in total. The van der Waals surface area contributed by atoms with Gasteiger partial charge in [0.15, 0.2) is 0 Å². The van der Waals surface area contributed by atoms with Crippen molar-refractivity contribution in [1.29, 1.82) is 0 Å². The Morgan fingerprint density at radius 3 is 2.65 bits per heavy atom. The number of aliphatic hydroxyl groups excluding tert-OH is 1. The monoisotopic (exact) mass is 244 g/mol. The van der Waals surface area contributed by atoms with Crippen LogP contribution in [0, 0.1) is 5.92 Å². The number of carbonyl (C=O) groups is 2. The maximum atomic E-state index is 12.1. The summed E-state index contributed by atoms with van der Waals surface area (Å²) >= 11 is 0. The molecule has 0 aromatic carbocycles. The zero-order valence-corrected chi connectivity index (χ0v) is 10.0. The Morgan fingerprint density at radius 1 is 1.53 bits per heavy atom. The number of likely N-dealkylation sites (tertiary alicyclic amines) is 1. The summed E-state index contributed by atoms with van der Waals surface area (Å²) in [6.07, 6.45) is 0.820. The Labute approximate surface area is 100 Å². The highest BCUT2D eigenvalue weighted by Gasteiger charge is 2.40. The number of nitrogens with two attached hydrogens (primary N) is 1. The zero-order valence-electron chi connectivity index (χ0n) is 10.0. The number of aliphatic hydroxyl groups is 1. The number of rotatable bonds is 5. The topological polar surface area (TPSA) is 104 Å². The quantitative estimate of drug-likeness (QED) is 0.599. The molecule has 0 aromatic heterocycles. The minimum Gasteiger partial charge on any atom is -0.480 e. The van der Waals surface area contributed by atoms with E-state index in [-0.39, 0.29) is 31.3 Å². The van der Waals surface area contributed by atoms with Crippen LogP contribution in [0.1, 0.15) is 26.2 Å². The van der Waals surface area contributed by atoms with Gasteiger partial charge >= 0.3 is 5.97 Å². The molecule has 17 heavy (non-hydrogen) atoms. The molecule has 0 spiro atoms. The van der Waals surface area contributed by atoms with Crippen LogP contribution in [0.15, 0.2) is 0 Å². The first-order valence-electron chi connectivity index (χ1n) is 5.92. The van der Waals surface area contributed by atoms with Crippen LogP contribution in [-0.2, 0) is 9.59 Å². The molecule has 0 aromatic rings. The number of carboxylic acid groups (broad SMARTS) is 1. The summed E-state index contributed by atoms with van der Waals surface area (Å²) in [4.78, 5) is 24.3. The molecule has 1 aliphatic heterocycles. The van der Waals surface area contributed by atoms with Crippen molar-refractivity contribution >= 4 is 11.9 Å². The van der Waals surface area contributed by atoms with Gasteiger partial charge in [0.05, 0.1) is 12.0 Å². The molecular weight excluding hydrogens is 224 g/mol. The highest BCUT2D eigenvalue weighted by molar-refractivity contribution is 5.86. The van der Waals surface area contributed by atoms with Crippen molar-refractivity contribution in [3.8, 4) is 0 Å². The number of hydrogen-bond donors (Lipinski definition) is 3. The third-order valence-electron chi connectivity index (χ3n) is 3.12. The molecule has 1 saturated heterocycles. The molecule has 6 nitrogen and oxygen atoms in total. The number of β-amino-alcohol motifs (C(OH)–C–C–N with tert-alkyl or cyclic N) is 1. The molecule has 1 amide bonds. The molecule has 1 rings (SSSR count). The molecule has 1 unspecified atom stereocenters. The average Bonchev–Trinajstić information content (AvgIpc) is 2.67. The minimum atomic E-state index is -1.07. The van der Waals surface area contributed by atoms with Crippen molar-refractivity contribution in [2.75, 3.05) is 13.1 Å². The fourth-order valence-corrected chi connectivity index (χ4v) is 2.22. The molecule has 3 atom stereocenters. The van der Waals surface area contributed by atoms with Crippen molar-refractivity contribution in [3.05, 3.63) is 0 Å². The van der Waals surface area contributed by atoms with Crippen LogP contribution in [-0.4, -0.2) is 52.2 Å². The number of carbonyl (C=O) groups excluding carboxylic acids is 1. The van der Waals surface area contributed by atoms with E-state index in [0.717, 1.165) is 6.42 Å². The standard InChI is InChI=1S/C11H20N2O4/c1-2-3-7(5-12)10(15)13-6-8(14)4-9(13)11(16)17/h7-9,14H,2-6,12H2,1H3,(H,16,17)/t7?,8-,9-/m1/s1. The smallest absolute Gasteiger partial charge is 0.326 e. The minimum absolute atomic E-state index is 0.0933. The average molecular weight is 244 g/mol. The normalized spacial score (nSPS) is 25.9. The summed E-state index contributed by atoms with van der Waals surface area (Å²) < 4.78 is 0. The van der Waals surface area contributed by atoms with Gasteiger partial charge in [-0.2, -0.15) is 0 Å². The van der Waals surface area contributed by atoms with Crippen molar-refractivity contribution in [3.63, 3.8) is 0 Å². The molecule has 0 saturated carbocycles. The van der Waals surface area contributed by atoms with E-state index >= 15 is 0 Å². The summed E-state index contributed by atoms with van der Waals surface area (Å²) in [6.45, 7) is 2.26. The van der Waals surface area contributed by atoms with Gasteiger partial charge in [-0.25, -0.2) is 4.79 Å². The SMILES string of the molecule is CCCC(CN)C(=O)N1C[C@H](O)C[C@@H]1C(=O)O. The van der Waals surface area contributed by atoms with E-state index < -0.39 is 18.1 Å². The summed E-state index contributed by atoms with van der Waals surface area (Å²) in [5, 5.41) is 18.5. The Kier molecular flexibility index (Phi) is 4.89. The van der Waals surface area contributed by atoms with Gasteiger partial charge in [-0.05, 0) is 6.42 Å². The summed E-state index contributed by atoms with van der Waals surface area (Å²) in [5.74, 6) is -1.66. The van der Waals surface area contributed by atoms with Gasteiger partial charge in [-0.3, -0.25) is 4.79 Å². The third kappa shape index (κ3) is 3.17. The molecular formula is C11H20N2O4. The van der Waals surface area contributed by atoms with E-state index in [1.54, 1.807) is 0 Å². The fourth-order valence-electron chi connectivity index (χ4n) is 2.22. The molecule has 1 heterocycles. The van der Waals surface area contributed by atoms with Crippen molar-refractivity contribution in [1.82, 2.24) is 4.90 Å². The summed E-state index contributed by atoms with van der Waals surface area (Å²) in [6, 6.07) is -0.914.